The van der Waals surface area contributed by atoms with Gasteiger partial charge in [-0.05, 0) is 31.4 Å². The molecule has 1 aliphatic rings. The summed E-state index contributed by atoms with van der Waals surface area (Å²) in [4.78, 5) is 0. The van der Waals surface area contributed by atoms with E-state index in [0.717, 1.165) is 25.7 Å². The first-order valence-electron chi connectivity index (χ1n) is 6.60. The standard InChI is InChI=1S/C14H24O3/c1-2-3-4-7-12(15)8-5-6-11-9-13(16)10-14(11)17/h6,8,11-17H,2-4,7,9-10H2,1H3/t5?,11?,12?,13-,14-/m1/s1. The Morgan fingerprint density at radius 2 is 2.06 bits per heavy atom. The van der Waals surface area contributed by atoms with E-state index in [1.54, 1.807) is 12.2 Å². The molecule has 0 spiro atoms. The van der Waals surface area contributed by atoms with Gasteiger partial charge in [-0.15, -0.1) is 5.73 Å². The van der Waals surface area contributed by atoms with Crippen LogP contribution in [0.15, 0.2) is 17.9 Å². The molecular formula is C14H24O3. The second-order valence-electron chi connectivity index (χ2n) is 4.92. The first-order chi connectivity index (χ1) is 8.13. The second kappa shape index (κ2) is 7.67. The summed E-state index contributed by atoms with van der Waals surface area (Å²) in [5.41, 5.74) is 2.93. The molecule has 98 valence electrons. The highest BCUT2D eigenvalue weighted by Crippen LogP contribution is 2.26. The van der Waals surface area contributed by atoms with E-state index in [-0.39, 0.29) is 5.92 Å². The molecule has 0 radical (unpaired) electrons. The van der Waals surface area contributed by atoms with Crippen molar-refractivity contribution in [2.45, 2.75) is 63.8 Å². The Morgan fingerprint density at radius 3 is 2.65 bits per heavy atom. The zero-order chi connectivity index (χ0) is 12.7. The van der Waals surface area contributed by atoms with Crippen LogP contribution in [0, 0.1) is 5.92 Å². The molecule has 1 aliphatic carbocycles. The number of hydrogen-bond acceptors (Lipinski definition) is 3. The van der Waals surface area contributed by atoms with E-state index < -0.39 is 18.3 Å². The number of rotatable bonds is 6. The molecule has 0 heterocycles. The monoisotopic (exact) mass is 240 g/mol. The second-order valence-corrected chi connectivity index (χ2v) is 4.92. The number of aliphatic hydroxyl groups excluding tert-OH is 3. The highest BCUT2D eigenvalue weighted by Gasteiger charge is 2.29. The summed E-state index contributed by atoms with van der Waals surface area (Å²) in [5.74, 6) is -0.0240. The third-order valence-electron chi connectivity index (χ3n) is 3.25. The Morgan fingerprint density at radius 1 is 1.29 bits per heavy atom. The minimum absolute atomic E-state index is 0.0240. The fourth-order valence-corrected chi connectivity index (χ4v) is 2.18. The zero-order valence-corrected chi connectivity index (χ0v) is 10.5. The molecule has 1 rings (SSSR count). The van der Waals surface area contributed by atoms with Crippen LogP contribution in [0.25, 0.3) is 0 Å². The van der Waals surface area contributed by atoms with E-state index in [4.69, 9.17) is 0 Å². The minimum atomic E-state index is -0.469. The lowest BCUT2D eigenvalue weighted by Crippen LogP contribution is -2.09. The van der Waals surface area contributed by atoms with E-state index in [1.807, 2.05) is 0 Å². The molecule has 0 saturated heterocycles. The molecule has 2 unspecified atom stereocenters. The Kier molecular flexibility index (Phi) is 6.53. The molecule has 1 saturated carbocycles. The van der Waals surface area contributed by atoms with Crippen molar-refractivity contribution in [2.24, 2.45) is 5.92 Å². The highest BCUT2D eigenvalue weighted by atomic mass is 16.3. The average molecular weight is 240 g/mol. The van der Waals surface area contributed by atoms with Gasteiger partial charge in [0, 0.05) is 5.92 Å². The number of hydrogen-bond donors (Lipinski definition) is 3. The fourth-order valence-electron chi connectivity index (χ4n) is 2.18. The van der Waals surface area contributed by atoms with Crippen LogP contribution in [-0.2, 0) is 0 Å². The molecule has 3 N–H and O–H groups in total. The van der Waals surface area contributed by atoms with Gasteiger partial charge in [-0.1, -0.05) is 26.2 Å². The van der Waals surface area contributed by atoms with Crippen molar-refractivity contribution < 1.29 is 15.3 Å². The Hall–Kier alpha value is -0.600. The van der Waals surface area contributed by atoms with Crippen LogP contribution in [0.4, 0.5) is 0 Å². The van der Waals surface area contributed by atoms with Gasteiger partial charge in [0.2, 0.25) is 0 Å². The van der Waals surface area contributed by atoms with E-state index in [0.29, 0.717) is 12.8 Å². The van der Waals surface area contributed by atoms with Gasteiger partial charge in [-0.2, -0.15) is 0 Å². The normalized spacial score (nSPS) is 29.8. The lowest BCUT2D eigenvalue weighted by Gasteiger charge is -2.06. The van der Waals surface area contributed by atoms with Crippen molar-refractivity contribution in [1.82, 2.24) is 0 Å². The molecule has 3 heteroatoms. The molecule has 0 bridgehead atoms. The van der Waals surface area contributed by atoms with Crippen molar-refractivity contribution in [1.29, 1.82) is 0 Å². The Bertz CT molecular complexity index is 269. The summed E-state index contributed by atoms with van der Waals surface area (Å²) in [5, 5.41) is 28.6. The van der Waals surface area contributed by atoms with Crippen LogP contribution in [-0.4, -0.2) is 33.6 Å². The predicted molar refractivity (Wildman–Crippen MR) is 67.5 cm³/mol. The van der Waals surface area contributed by atoms with E-state index >= 15 is 0 Å². The summed E-state index contributed by atoms with van der Waals surface area (Å²) in [6.07, 6.45) is 7.23. The van der Waals surface area contributed by atoms with Crippen LogP contribution < -0.4 is 0 Å². The fraction of sp³-hybridized carbons (Fsp3) is 0.786. The van der Waals surface area contributed by atoms with Gasteiger partial charge in [0.25, 0.3) is 0 Å². The Balaban J connectivity index is 2.31. The highest BCUT2D eigenvalue weighted by molar-refractivity contribution is 4.99. The van der Waals surface area contributed by atoms with Crippen LogP contribution in [0.5, 0.6) is 0 Å². The molecule has 17 heavy (non-hydrogen) atoms. The van der Waals surface area contributed by atoms with E-state index in [2.05, 4.69) is 12.7 Å². The topological polar surface area (TPSA) is 60.7 Å². The maximum absolute atomic E-state index is 9.62. The van der Waals surface area contributed by atoms with Crippen LogP contribution >= 0.6 is 0 Å². The number of unbranched alkanes of at least 4 members (excludes halogenated alkanes) is 2. The SMILES string of the molecule is CCCCCC(O)C=C=CC1C[C@@H](O)C[C@H]1O. The van der Waals surface area contributed by atoms with Gasteiger partial charge in [0.05, 0.1) is 18.3 Å². The molecule has 0 aromatic rings. The maximum Gasteiger partial charge on any atom is 0.0794 e. The average Bonchev–Trinajstić information content (AvgIpc) is 2.58. The summed E-state index contributed by atoms with van der Waals surface area (Å²) >= 11 is 0. The van der Waals surface area contributed by atoms with Gasteiger partial charge in [-0.25, -0.2) is 0 Å². The van der Waals surface area contributed by atoms with Crippen molar-refractivity contribution in [2.75, 3.05) is 0 Å². The summed E-state index contributed by atoms with van der Waals surface area (Å²) in [7, 11) is 0. The molecule has 4 atom stereocenters. The third-order valence-corrected chi connectivity index (χ3v) is 3.25. The molecular weight excluding hydrogens is 216 g/mol. The molecule has 3 nitrogen and oxygen atoms in total. The molecule has 0 amide bonds. The van der Waals surface area contributed by atoms with Gasteiger partial charge in [0.1, 0.15) is 0 Å². The maximum atomic E-state index is 9.62. The molecule has 1 fully saturated rings. The quantitative estimate of drug-likeness (QED) is 0.490. The predicted octanol–water partition coefficient (Wildman–Crippen LogP) is 1.77. The van der Waals surface area contributed by atoms with Crippen LogP contribution in [0.3, 0.4) is 0 Å². The zero-order valence-electron chi connectivity index (χ0n) is 10.5. The van der Waals surface area contributed by atoms with Crippen molar-refractivity contribution >= 4 is 0 Å². The molecule has 0 aromatic carbocycles. The van der Waals surface area contributed by atoms with Gasteiger partial charge < -0.3 is 15.3 Å². The number of aliphatic hydroxyl groups is 3. The third kappa shape index (κ3) is 5.51. The van der Waals surface area contributed by atoms with Crippen molar-refractivity contribution in [3.05, 3.63) is 17.9 Å². The van der Waals surface area contributed by atoms with Gasteiger partial charge >= 0.3 is 0 Å². The van der Waals surface area contributed by atoms with Crippen molar-refractivity contribution in [3.8, 4) is 0 Å². The summed E-state index contributed by atoms with van der Waals surface area (Å²) in [6, 6.07) is 0. The largest absolute Gasteiger partial charge is 0.393 e. The van der Waals surface area contributed by atoms with Crippen LogP contribution in [0.2, 0.25) is 0 Å². The Labute approximate surface area is 103 Å². The smallest absolute Gasteiger partial charge is 0.0794 e. The molecule has 0 aromatic heterocycles. The van der Waals surface area contributed by atoms with Crippen LogP contribution in [0.1, 0.15) is 45.4 Å². The first kappa shape index (κ1) is 14.5. The summed E-state index contributed by atoms with van der Waals surface area (Å²) < 4.78 is 0. The van der Waals surface area contributed by atoms with Crippen molar-refractivity contribution in [3.63, 3.8) is 0 Å². The molecule has 0 aliphatic heterocycles. The first-order valence-corrected chi connectivity index (χ1v) is 6.60. The lowest BCUT2D eigenvalue weighted by molar-refractivity contribution is 0.129. The van der Waals surface area contributed by atoms with Gasteiger partial charge in [-0.3, -0.25) is 0 Å². The summed E-state index contributed by atoms with van der Waals surface area (Å²) in [6.45, 7) is 2.13. The minimum Gasteiger partial charge on any atom is -0.393 e. The van der Waals surface area contributed by atoms with Gasteiger partial charge in [0.15, 0.2) is 0 Å². The van der Waals surface area contributed by atoms with E-state index in [9.17, 15) is 15.3 Å². The lowest BCUT2D eigenvalue weighted by atomic mass is 10.1. The van der Waals surface area contributed by atoms with E-state index in [1.165, 1.54) is 0 Å².